The van der Waals surface area contributed by atoms with Crippen molar-refractivity contribution in [2.75, 3.05) is 11.9 Å². The standard InChI is InChI=1S/C10H15F3N4S/c11-10(12,13)7-16-8(18-17-7)15-6-9(14)4-2-1-3-5-9/h1-6,14H2,(H,15,16,17). The predicted octanol–water partition coefficient (Wildman–Crippen LogP) is 2.63. The highest BCUT2D eigenvalue weighted by Gasteiger charge is 2.36. The molecule has 0 radical (unpaired) electrons. The molecule has 1 aliphatic rings. The van der Waals surface area contributed by atoms with Gasteiger partial charge in [0.15, 0.2) is 0 Å². The Balaban J connectivity index is 1.92. The van der Waals surface area contributed by atoms with Crippen LogP contribution in [0.25, 0.3) is 0 Å². The fourth-order valence-corrected chi connectivity index (χ4v) is 2.68. The Bertz CT molecular complexity index is 398. The van der Waals surface area contributed by atoms with Crippen LogP contribution in [0.4, 0.5) is 18.3 Å². The smallest absolute Gasteiger partial charge is 0.358 e. The Morgan fingerprint density at radius 2 is 1.94 bits per heavy atom. The summed E-state index contributed by atoms with van der Waals surface area (Å²) < 4.78 is 40.2. The van der Waals surface area contributed by atoms with Crippen molar-refractivity contribution < 1.29 is 13.2 Å². The van der Waals surface area contributed by atoms with Gasteiger partial charge < -0.3 is 11.1 Å². The van der Waals surface area contributed by atoms with Crippen LogP contribution in [0.5, 0.6) is 0 Å². The fraction of sp³-hybridized carbons (Fsp3) is 0.800. The van der Waals surface area contributed by atoms with Gasteiger partial charge in [0.05, 0.1) is 0 Å². The third-order valence-corrected chi connectivity index (χ3v) is 3.79. The maximum atomic E-state index is 12.3. The molecule has 1 aromatic heterocycles. The summed E-state index contributed by atoms with van der Waals surface area (Å²) >= 11 is 0.716. The van der Waals surface area contributed by atoms with E-state index < -0.39 is 12.0 Å². The zero-order valence-corrected chi connectivity index (χ0v) is 10.6. The van der Waals surface area contributed by atoms with Crippen molar-refractivity contribution in [1.82, 2.24) is 9.36 Å². The van der Waals surface area contributed by atoms with Gasteiger partial charge in [-0.3, -0.25) is 0 Å². The van der Waals surface area contributed by atoms with Crippen molar-refractivity contribution in [1.29, 1.82) is 0 Å². The Labute approximate surface area is 107 Å². The van der Waals surface area contributed by atoms with Gasteiger partial charge in [-0.2, -0.15) is 22.5 Å². The number of rotatable bonds is 3. The molecule has 1 heterocycles. The third-order valence-electron chi connectivity index (χ3n) is 3.12. The van der Waals surface area contributed by atoms with E-state index in [-0.39, 0.29) is 10.7 Å². The van der Waals surface area contributed by atoms with Crippen molar-refractivity contribution in [2.45, 2.75) is 43.8 Å². The van der Waals surface area contributed by atoms with Crippen LogP contribution in [-0.2, 0) is 6.18 Å². The summed E-state index contributed by atoms with van der Waals surface area (Å²) in [5, 5.41) is 3.05. The van der Waals surface area contributed by atoms with Crippen molar-refractivity contribution in [3.8, 4) is 0 Å². The molecule has 1 aliphatic carbocycles. The van der Waals surface area contributed by atoms with E-state index in [1.807, 2.05) is 0 Å². The molecule has 0 saturated heterocycles. The minimum atomic E-state index is -4.48. The average molecular weight is 280 g/mol. The lowest BCUT2D eigenvalue weighted by molar-refractivity contribution is -0.144. The molecule has 3 N–H and O–H groups in total. The zero-order chi connectivity index (χ0) is 13.2. The second kappa shape index (κ2) is 5.00. The van der Waals surface area contributed by atoms with Gasteiger partial charge >= 0.3 is 6.18 Å². The lowest BCUT2D eigenvalue weighted by Crippen LogP contribution is -2.47. The van der Waals surface area contributed by atoms with Crippen LogP contribution in [-0.4, -0.2) is 21.4 Å². The lowest BCUT2D eigenvalue weighted by Gasteiger charge is -2.33. The number of halogens is 3. The largest absolute Gasteiger partial charge is 0.452 e. The van der Waals surface area contributed by atoms with Crippen LogP contribution in [0.15, 0.2) is 0 Å². The minimum Gasteiger partial charge on any atom is -0.358 e. The van der Waals surface area contributed by atoms with E-state index in [2.05, 4.69) is 14.7 Å². The summed E-state index contributed by atoms with van der Waals surface area (Å²) in [6.07, 6.45) is 0.623. The monoisotopic (exact) mass is 280 g/mol. The predicted molar refractivity (Wildman–Crippen MR) is 63.4 cm³/mol. The Kier molecular flexibility index (Phi) is 3.76. The first kappa shape index (κ1) is 13.5. The van der Waals surface area contributed by atoms with Crippen LogP contribution in [0.3, 0.4) is 0 Å². The number of hydrogen-bond donors (Lipinski definition) is 2. The van der Waals surface area contributed by atoms with Crippen molar-refractivity contribution in [3.63, 3.8) is 0 Å². The highest BCUT2D eigenvalue weighted by molar-refractivity contribution is 7.09. The van der Waals surface area contributed by atoms with E-state index >= 15 is 0 Å². The first-order valence-corrected chi connectivity index (χ1v) is 6.60. The van der Waals surface area contributed by atoms with Crippen LogP contribution in [0.2, 0.25) is 0 Å². The van der Waals surface area contributed by atoms with Crippen LogP contribution >= 0.6 is 11.5 Å². The molecule has 0 aliphatic heterocycles. The van der Waals surface area contributed by atoms with Crippen molar-refractivity contribution in [2.24, 2.45) is 5.73 Å². The summed E-state index contributed by atoms with van der Waals surface area (Å²) in [5.41, 5.74) is 5.84. The first-order valence-electron chi connectivity index (χ1n) is 5.83. The van der Waals surface area contributed by atoms with E-state index in [1.54, 1.807) is 0 Å². The molecule has 1 saturated carbocycles. The molecule has 4 nitrogen and oxygen atoms in total. The van der Waals surface area contributed by atoms with Crippen molar-refractivity contribution in [3.05, 3.63) is 5.82 Å². The van der Waals surface area contributed by atoms with Gasteiger partial charge in [0, 0.05) is 23.6 Å². The summed E-state index contributed by atoms with van der Waals surface area (Å²) in [6, 6.07) is 0. The van der Waals surface area contributed by atoms with E-state index in [1.165, 1.54) is 6.42 Å². The van der Waals surface area contributed by atoms with Gasteiger partial charge in [-0.15, -0.1) is 0 Å². The number of anilines is 1. The fourth-order valence-electron chi connectivity index (χ4n) is 2.09. The topological polar surface area (TPSA) is 63.8 Å². The molecule has 0 bridgehead atoms. The molecule has 1 aromatic rings. The highest BCUT2D eigenvalue weighted by Crippen LogP contribution is 2.30. The molecule has 18 heavy (non-hydrogen) atoms. The first-order chi connectivity index (χ1) is 8.39. The molecule has 8 heteroatoms. The Morgan fingerprint density at radius 3 is 2.50 bits per heavy atom. The number of nitrogens with zero attached hydrogens (tertiary/aromatic N) is 2. The number of nitrogens with two attached hydrogens (primary N) is 1. The number of hydrogen-bond acceptors (Lipinski definition) is 5. The lowest BCUT2D eigenvalue weighted by atomic mass is 9.82. The molecule has 0 spiro atoms. The normalized spacial score (nSPS) is 19.8. The minimum absolute atomic E-state index is 0.178. The van der Waals surface area contributed by atoms with Gasteiger partial charge in [-0.1, -0.05) is 19.3 Å². The van der Waals surface area contributed by atoms with Crippen molar-refractivity contribution >= 4 is 16.7 Å². The second-order valence-electron chi connectivity index (χ2n) is 4.70. The zero-order valence-electron chi connectivity index (χ0n) is 9.76. The van der Waals surface area contributed by atoms with Crippen LogP contribution in [0, 0.1) is 0 Å². The molecular formula is C10H15F3N4S. The molecule has 1 fully saturated rings. The summed E-state index contributed by atoms with van der Waals surface area (Å²) in [5.74, 6) is -1.09. The van der Waals surface area contributed by atoms with E-state index in [9.17, 15) is 13.2 Å². The van der Waals surface area contributed by atoms with Crippen LogP contribution in [0.1, 0.15) is 37.9 Å². The quantitative estimate of drug-likeness (QED) is 0.893. The highest BCUT2D eigenvalue weighted by atomic mass is 32.1. The van der Waals surface area contributed by atoms with Crippen LogP contribution < -0.4 is 11.1 Å². The van der Waals surface area contributed by atoms with Gasteiger partial charge in [-0.25, -0.2) is 0 Å². The number of nitrogens with one attached hydrogen (secondary N) is 1. The molecule has 0 amide bonds. The SMILES string of the molecule is NC1(CNc2nc(C(F)(F)F)ns2)CCCCC1. The Morgan fingerprint density at radius 1 is 1.28 bits per heavy atom. The molecule has 2 rings (SSSR count). The Hall–Kier alpha value is -0.890. The maximum absolute atomic E-state index is 12.3. The van der Waals surface area contributed by atoms with Gasteiger partial charge in [0.1, 0.15) is 0 Å². The van der Waals surface area contributed by atoms with Gasteiger partial charge in [0.2, 0.25) is 11.0 Å². The molecule has 0 atom stereocenters. The third kappa shape index (κ3) is 3.32. The maximum Gasteiger partial charge on any atom is 0.452 e. The average Bonchev–Trinajstić information content (AvgIpc) is 2.76. The van der Waals surface area contributed by atoms with E-state index in [0.29, 0.717) is 18.1 Å². The molecule has 0 unspecified atom stereocenters. The van der Waals surface area contributed by atoms with Gasteiger partial charge in [-0.05, 0) is 12.8 Å². The number of aromatic nitrogens is 2. The molecule has 102 valence electrons. The summed E-state index contributed by atoms with van der Waals surface area (Å²) in [6.45, 7) is 0.444. The summed E-state index contributed by atoms with van der Waals surface area (Å²) in [4.78, 5) is 3.41. The number of alkyl halides is 3. The van der Waals surface area contributed by atoms with E-state index in [4.69, 9.17) is 5.73 Å². The molecule has 0 aromatic carbocycles. The van der Waals surface area contributed by atoms with Gasteiger partial charge in [0.25, 0.3) is 0 Å². The van der Waals surface area contributed by atoms with E-state index in [0.717, 1.165) is 25.7 Å². The summed E-state index contributed by atoms with van der Waals surface area (Å²) in [7, 11) is 0. The molecular weight excluding hydrogens is 265 g/mol. The second-order valence-corrected chi connectivity index (χ2v) is 5.45.